The smallest absolute Gasteiger partial charge is 0.322 e. The lowest BCUT2D eigenvalue weighted by Crippen LogP contribution is -2.31. The Kier molecular flexibility index (Phi) is 3.48. The van der Waals surface area contributed by atoms with E-state index in [0.717, 1.165) is 8.39 Å². The summed E-state index contributed by atoms with van der Waals surface area (Å²) in [6, 6.07) is 1.58. The molecule has 0 fully saturated rings. The Labute approximate surface area is 89.3 Å². The number of nitrogens with zero attached hydrogens (tertiary/aromatic N) is 3. The summed E-state index contributed by atoms with van der Waals surface area (Å²) in [5.41, 5.74) is 0.471. The van der Waals surface area contributed by atoms with Crippen LogP contribution in [0.2, 0.25) is 0 Å². The predicted octanol–water partition coefficient (Wildman–Crippen LogP) is -0.539. The standard InChI is InChI=1S/C8H15N3O3S/c1-7(12)6-8-4-5-9-11(8)15(13,14)10(2)3/h4-5,7,12H,6H2,1-3H3. The van der Waals surface area contributed by atoms with E-state index in [4.69, 9.17) is 0 Å². The lowest BCUT2D eigenvalue weighted by molar-refractivity contribution is 0.193. The molecule has 1 rings (SSSR count). The van der Waals surface area contributed by atoms with E-state index in [1.54, 1.807) is 13.0 Å². The highest BCUT2D eigenvalue weighted by molar-refractivity contribution is 7.87. The highest BCUT2D eigenvalue weighted by Crippen LogP contribution is 2.08. The lowest BCUT2D eigenvalue weighted by Gasteiger charge is -2.14. The molecule has 86 valence electrons. The van der Waals surface area contributed by atoms with Crippen LogP contribution in [0, 0.1) is 0 Å². The molecule has 0 amide bonds. The molecule has 1 heterocycles. The number of aliphatic hydroxyl groups is 1. The van der Waals surface area contributed by atoms with Crippen LogP contribution in [-0.2, 0) is 16.6 Å². The maximum atomic E-state index is 11.7. The van der Waals surface area contributed by atoms with E-state index in [0.29, 0.717) is 5.69 Å². The molecule has 0 spiro atoms. The maximum absolute atomic E-state index is 11.7. The van der Waals surface area contributed by atoms with Crippen LogP contribution in [0.5, 0.6) is 0 Å². The zero-order valence-corrected chi connectivity index (χ0v) is 9.77. The summed E-state index contributed by atoms with van der Waals surface area (Å²) in [5.74, 6) is 0. The summed E-state index contributed by atoms with van der Waals surface area (Å²) >= 11 is 0. The summed E-state index contributed by atoms with van der Waals surface area (Å²) in [7, 11) is -0.715. The molecule has 0 aliphatic heterocycles. The first-order chi connectivity index (χ1) is 6.85. The number of rotatable bonds is 4. The average Bonchev–Trinajstić information content (AvgIpc) is 2.51. The van der Waals surface area contributed by atoms with E-state index < -0.39 is 16.3 Å². The molecule has 1 N–H and O–H groups in total. The fourth-order valence-corrected chi connectivity index (χ4v) is 2.04. The first kappa shape index (κ1) is 12.2. The van der Waals surface area contributed by atoms with E-state index in [1.807, 2.05) is 0 Å². The van der Waals surface area contributed by atoms with Crippen LogP contribution < -0.4 is 0 Å². The number of hydrogen-bond donors (Lipinski definition) is 1. The van der Waals surface area contributed by atoms with Crippen molar-refractivity contribution in [1.82, 2.24) is 13.5 Å². The first-order valence-corrected chi connectivity index (χ1v) is 5.89. The molecule has 0 aliphatic carbocycles. The molecular weight excluding hydrogens is 218 g/mol. The van der Waals surface area contributed by atoms with Gasteiger partial charge in [-0.25, -0.2) is 0 Å². The largest absolute Gasteiger partial charge is 0.393 e. The van der Waals surface area contributed by atoms with Crippen LogP contribution in [0.25, 0.3) is 0 Å². The second-order valence-electron chi connectivity index (χ2n) is 3.51. The van der Waals surface area contributed by atoms with E-state index in [-0.39, 0.29) is 6.42 Å². The molecule has 1 atom stereocenters. The molecule has 0 radical (unpaired) electrons. The zero-order chi connectivity index (χ0) is 11.6. The lowest BCUT2D eigenvalue weighted by atomic mass is 10.2. The molecule has 15 heavy (non-hydrogen) atoms. The molecule has 0 saturated carbocycles. The molecule has 0 aliphatic rings. The second kappa shape index (κ2) is 4.30. The van der Waals surface area contributed by atoms with Gasteiger partial charge in [0.25, 0.3) is 0 Å². The van der Waals surface area contributed by atoms with E-state index >= 15 is 0 Å². The van der Waals surface area contributed by atoms with Gasteiger partial charge >= 0.3 is 10.2 Å². The Morgan fingerprint density at radius 3 is 2.67 bits per heavy atom. The molecular formula is C8H15N3O3S. The third kappa shape index (κ3) is 2.55. The van der Waals surface area contributed by atoms with Crippen molar-refractivity contribution in [3.05, 3.63) is 18.0 Å². The molecule has 0 aromatic carbocycles. The zero-order valence-electron chi connectivity index (χ0n) is 8.95. The Balaban J connectivity index is 3.11. The molecule has 1 aromatic rings. The normalized spacial score (nSPS) is 14.5. The van der Waals surface area contributed by atoms with Crippen LogP contribution in [0.1, 0.15) is 12.6 Å². The van der Waals surface area contributed by atoms with Gasteiger partial charge in [-0.15, -0.1) is 4.09 Å². The van der Waals surface area contributed by atoms with Gasteiger partial charge in [0.1, 0.15) is 0 Å². The van der Waals surface area contributed by atoms with Gasteiger partial charge in [0, 0.05) is 20.5 Å². The summed E-state index contributed by atoms with van der Waals surface area (Å²) in [5, 5.41) is 12.9. The quantitative estimate of drug-likeness (QED) is 0.758. The van der Waals surface area contributed by atoms with Gasteiger partial charge in [0.05, 0.1) is 18.0 Å². The predicted molar refractivity (Wildman–Crippen MR) is 55.6 cm³/mol. The monoisotopic (exact) mass is 233 g/mol. The van der Waals surface area contributed by atoms with Gasteiger partial charge in [-0.2, -0.15) is 17.8 Å². The van der Waals surface area contributed by atoms with Crippen LogP contribution in [0.15, 0.2) is 12.3 Å². The summed E-state index contributed by atoms with van der Waals surface area (Å²) in [6.45, 7) is 1.60. The molecule has 7 heteroatoms. The Hall–Kier alpha value is -0.920. The number of hydrogen-bond acceptors (Lipinski definition) is 4. The minimum Gasteiger partial charge on any atom is -0.393 e. The van der Waals surface area contributed by atoms with Gasteiger partial charge in [-0.05, 0) is 13.0 Å². The minimum absolute atomic E-state index is 0.257. The first-order valence-electron chi connectivity index (χ1n) is 4.49. The van der Waals surface area contributed by atoms with Gasteiger partial charge in [0.15, 0.2) is 0 Å². The van der Waals surface area contributed by atoms with Crippen LogP contribution in [0.3, 0.4) is 0 Å². The SMILES string of the molecule is CC(O)Cc1ccnn1S(=O)(=O)N(C)C. The van der Waals surface area contributed by atoms with Gasteiger partial charge in [0.2, 0.25) is 0 Å². The maximum Gasteiger partial charge on any atom is 0.322 e. The molecule has 0 saturated heterocycles. The van der Waals surface area contributed by atoms with E-state index in [2.05, 4.69) is 5.10 Å². The average molecular weight is 233 g/mol. The van der Waals surface area contributed by atoms with Crippen LogP contribution in [-0.4, -0.2) is 47.2 Å². The van der Waals surface area contributed by atoms with E-state index in [1.165, 1.54) is 20.3 Å². The van der Waals surface area contributed by atoms with Gasteiger partial charge in [-0.3, -0.25) is 0 Å². The van der Waals surface area contributed by atoms with Crippen molar-refractivity contribution in [2.24, 2.45) is 0 Å². The van der Waals surface area contributed by atoms with Gasteiger partial charge < -0.3 is 5.11 Å². The van der Waals surface area contributed by atoms with Crippen LogP contribution >= 0.6 is 0 Å². The third-order valence-corrected chi connectivity index (χ3v) is 3.56. The molecule has 1 unspecified atom stereocenters. The van der Waals surface area contributed by atoms with Crippen molar-refractivity contribution >= 4 is 10.2 Å². The van der Waals surface area contributed by atoms with Crippen molar-refractivity contribution in [1.29, 1.82) is 0 Å². The highest BCUT2D eigenvalue weighted by atomic mass is 32.2. The minimum atomic E-state index is -3.58. The third-order valence-electron chi connectivity index (χ3n) is 1.87. The molecule has 6 nitrogen and oxygen atoms in total. The van der Waals surface area contributed by atoms with Crippen molar-refractivity contribution in [3.8, 4) is 0 Å². The fraction of sp³-hybridized carbons (Fsp3) is 0.625. The summed E-state index contributed by atoms with van der Waals surface area (Å²) in [4.78, 5) is 0. The van der Waals surface area contributed by atoms with Crippen molar-refractivity contribution in [2.75, 3.05) is 14.1 Å². The fourth-order valence-electron chi connectivity index (χ4n) is 1.13. The summed E-state index contributed by atoms with van der Waals surface area (Å²) < 4.78 is 25.5. The Morgan fingerprint density at radius 2 is 2.20 bits per heavy atom. The highest BCUT2D eigenvalue weighted by Gasteiger charge is 2.20. The van der Waals surface area contributed by atoms with E-state index in [9.17, 15) is 13.5 Å². The topological polar surface area (TPSA) is 75.4 Å². The van der Waals surface area contributed by atoms with Crippen LogP contribution in [0.4, 0.5) is 0 Å². The number of aromatic nitrogens is 2. The molecule has 0 bridgehead atoms. The molecule has 1 aromatic heterocycles. The van der Waals surface area contributed by atoms with Crippen molar-refractivity contribution in [2.45, 2.75) is 19.4 Å². The second-order valence-corrected chi connectivity index (χ2v) is 5.48. The Bertz CT molecular complexity index is 422. The van der Waals surface area contributed by atoms with Crippen molar-refractivity contribution < 1.29 is 13.5 Å². The summed E-state index contributed by atoms with van der Waals surface area (Å²) in [6.07, 6.45) is 1.06. The number of aliphatic hydroxyl groups excluding tert-OH is 1. The van der Waals surface area contributed by atoms with Gasteiger partial charge in [-0.1, -0.05) is 0 Å². The van der Waals surface area contributed by atoms with Crippen molar-refractivity contribution in [3.63, 3.8) is 0 Å². The Morgan fingerprint density at radius 1 is 1.60 bits per heavy atom.